The maximum Gasteiger partial charge on any atom is 0.219 e. The second kappa shape index (κ2) is 6.52. The molecule has 2 heterocycles. The number of hydrogen-bond acceptors (Lipinski definition) is 4. The number of benzene rings is 1. The third-order valence-corrected chi connectivity index (χ3v) is 5.27. The maximum atomic E-state index is 6.54. The van der Waals surface area contributed by atoms with Crippen molar-refractivity contribution < 1.29 is 4.74 Å². The molecule has 130 valence electrons. The molecule has 4 heteroatoms. The summed E-state index contributed by atoms with van der Waals surface area (Å²) in [6.07, 6.45) is 8.30. The predicted octanol–water partition coefficient (Wildman–Crippen LogP) is 3.73. The highest BCUT2D eigenvalue weighted by Gasteiger charge is 2.19. The summed E-state index contributed by atoms with van der Waals surface area (Å²) in [4.78, 5) is 6.66. The van der Waals surface area contributed by atoms with Crippen molar-refractivity contribution >= 4 is 5.69 Å². The van der Waals surface area contributed by atoms with E-state index in [1.807, 2.05) is 18.3 Å². The van der Waals surface area contributed by atoms with Gasteiger partial charge in [0.15, 0.2) is 0 Å². The quantitative estimate of drug-likeness (QED) is 0.869. The highest BCUT2D eigenvalue weighted by molar-refractivity contribution is 5.83. The molecule has 1 aliphatic carbocycles. The Kier molecular flexibility index (Phi) is 4.22. The Balaban J connectivity index is 1.66. The number of nitrogens with two attached hydrogens (primary N) is 1. The number of anilines is 1. The predicted molar refractivity (Wildman–Crippen MR) is 102 cm³/mol. The van der Waals surface area contributed by atoms with E-state index in [2.05, 4.69) is 36.0 Å². The van der Waals surface area contributed by atoms with Crippen molar-refractivity contribution in [3.63, 3.8) is 0 Å². The minimum absolute atomic E-state index is 0.646. The third-order valence-electron chi connectivity index (χ3n) is 5.27. The largest absolute Gasteiger partial charge is 0.444 e. The van der Waals surface area contributed by atoms with Crippen LogP contribution in [-0.2, 0) is 12.8 Å². The summed E-state index contributed by atoms with van der Waals surface area (Å²) in [6.45, 7) is 4.08. The molecule has 0 fully saturated rings. The molecule has 1 aromatic heterocycles. The first-order valence-electron chi connectivity index (χ1n) is 9.04. The van der Waals surface area contributed by atoms with Gasteiger partial charge in [0.2, 0.25) is 5.88 Å². The first-order chi connectivity index (χ1) is 12.1. The van der Waals surface area contributed by atoms with Crippen LogP contribution in [0.5, 0.6) is 5.88 Å². The van der Waals surface area contributed by atoms with E-state index in [-0.39, 0.29) is 0 Å². The summed E-state index contributed by atoms with van der Waals surface area (Å²) in [5, 5.41) is 0. The molecule has 0 saturated carbocycles. The molecule has 0 unspecified atom stereocenters. The van der Waals surface area contributed by atoms with Gasteiger partial charge in [-0.05, 0) is 67.6 Å². The Hall–Kier alpha value is -2.33. The van der Waals surface area contributed by atoms with E-state index >= 15 is 0 Å². The number of likely N-dealkylation sites (N-methyl/N-ethyl adjacent to an activating group) is 1. The molecule has 0 radical (unpaired) electrons. The van der Waals surface area contributed by atoms with Gasteiger partial charge in [0.1, 0.15) is 5.76 Å². The van der Waals surface area contributed by atoms with E-state index in [9.17, 15) is 0 Å². The lowest BCUT2D eigenvalue weighted by molar-refractivity contribution is 0.298. The van der Waals surface area contributed by atoms with Crippen LogP contribution in [0.4, 0.5) is 5.69 Å². The molecule has 2 aliphatic rings. The van der Waals surface area contributed by atoms with Gasteiger partial charge in [-0.15, -0.1) is 0 Å². The SMILES string of the molecule is Cc1cc2c(c(N)c1-c1ccnc(OC3=CCN(C)CC3)c1)CCC2. The zero-order chi connectivity index (χ0) is 17.4. The maximum absolute atomic E-state index is 6.54. The average Bonchev–Trinajstić information content (AvgIpc) is 3.06. The molecule has 2 aromatic rings. The van der Waals surface area contributed by atoms with Crippen LogP contribution in [-0.4, -0.2) is 30.0 Å². The second-order valence-corrected chi connectivity index (χ2v) is 7.14. The molecular formula is C21H25N3O. The molecule has 4 rings (SSSR count). The van der Waals surface area contributed by atoms with Gasteiger partial charge in [0.25, 0.3) is 0 Å². The summed E-state index contributed by atoms with van der Waals surface area (Å²) < 4.78 is 6.02. The Bertz CT molecular complexity index is 841. The molecule has 0 amide bonds. The lowest BCUT2D eigenvalue weighted by Gasteiger charge is -2.21. The molecular weight excluding hydrogens is 310 g/mol. The van der Waals surface area contributed by atoms with Crippen LogP contribution in [0.1, 0.15) is 29.5 Å². The van der Waals surface area contributed by atoms with Crippen molar-refractivity contribution in [2.24, 2.45) is 0 Å². The van der Waals surface area contributed by atoms with E-state index in [4.69, 9.17) is 10.5 Å². The number of aromatic nitrogens is 1. The molecule has 1 aliphatic heterocycles. The fourth-order valence-corrected chi connectivity index (χ4v) is 3.91. The number of ether oxygens (including phenoxy) is 1. The Morgan fingerprint density at radius 1 is 1.20 bits per heavy atom. The van der Waals surface area contributed by atoms with Crippen LogP contribution in [0, 0.1) is 6.92 Å². The summed E-state index contributed by atoms with van der Waals surface area (Å²) in [6, 6.07) is 6.34. The van der Waals surface area contributed by atoms with Crippen LogP contribution in [0.25, 0.3) is 11.1 Å². The van der Waals surface area contributed by atoms with Gasteiger partial charge >= 0.3 is 0 Å². The highest BCUT2D eigenvalue weighted by atomic mass is 16.5. The van der Waals surface area contributed by atoms with E-state index in [0.29, 0.717) is 5.88 Å². The van der Waals surface area contributed by atoms with Gasteiger partial charge in [-0.1, -0.05) is 6.07 Å². The fraction of sp³-hybridized carbons (Fsp3) is 0.381. The molecule has 0 bridgehead atoms. The van der Waals surface area contributed by atoms with Crippen molar-refractivity contribution in [2.45, 2.75) is 32.6 Å². The number of nitrogen functional groups attached to an aromatic ring is 1. The molecule has 25 heavy (non-hydrogen) atoms. The number of aryl methyl sites for hydroxylation is 2. The lowest BCUT2D eigenvalue weighted by Crippen LogP contribution is -2.25. The average molecular weight is 335 g/mol. The van der Waals surface area contributed by atoms with Gasteiger partial charge < -0.3 is 15.4 Å². The van der Waals surface area contributed by atoms with Gasteiger partial charge in [0, 0.05) is 43.0 Å². The van der Waals surface area contributed by atoms with Crippen molar-refractivity contribution in [3.05, 3.63) is 52.9 Å². The molecule has 0 spiro atoms. The Morgan fingerprint density at radius 3 is 2.88 bits per heavy atom. The number of fused-ring (bicyclic) bond motifs is 1. The van der Waals surface area contributed by atoms with E-state index in [1.165, 1.54) is 23.1 Å². The second-order valence-electron chi connectivity index (χ2n) is 7.14. The number of nitrogens with zero attached hydrogens (tertiary/aromatic N) is 2. The zero-order valence-electron chi connectivity index (χ0n) is 15.0. The topological polar surface area (TPSA) is 51.4 Å². The lowest BCUT2D eigenvalue weighted by atomic mass is 9.93. The molecule has 0 atom stereocenters. The molecule has 4 nitrogen and oxygen atoms in total. The molecule has 0 saturated heterocycles. The number of pyridine rings is 1. The summed E-state index contributed by atoms with van der Waals surface area (Å²) in [7, 11) is 2.12. The molecule has 1 aromatic carbocycles. The van der Waals surface area contributed by atoms with E-state index < -0.39 is 0 Å². The summed E-state index contributed by atoms with van der Waals surface area (Å²) >= 11 is 0. The van der Waals surface area contributed by atoms with Crippen molar-refractivity contribution in [1.29, 1.82) is 0 Å². The normalized spacial score (nSPS) is 17.3. The summed E-state index contributed by atoms with van der Waals surface area (Å²) in [5.74, 6) is 1.65. The Morgan fingerprint density at radius 2 is 2.08 bits per heavy atom. The standard InChI is InChI=1S/C21H25N3O/c1-14-12-15-4-3-5-18(15)21(22)20(14)16-6-9-23-19(13-16)25-17-7-10-24(2)11-8-17/h6-7,9,12-13H,3-5,8,10-11,22H2,1-2H3. The number of hydrogen-bond donors (Lipinski definition) is 1. The molecule has 2 N–H and O–H groups in total. The summed E-state index contributed by atoms with van der Waals surface area (Å²) in [5.41, 5.74) is 13.7. The van der Waals surface area contributed by atoms with Gasteiger partial charge in [-0.25, -0.2) is 4.98 Å². The minimum atomic E-state index is 0.646. The smallest absolute Gasteiger partial charge is 0.219 e. The van der Waals surface area contributed by atoms with Gasteiger partial charge in [-0.2, -0.15) is 0 Å². The van der Waals surface area contributed by atoms with Crippen LogP contribution >= 0.6 is 0 Å². The van der Waals surface area contributed by atoms with Crippen LogP contribution in [0.2, 0.25) is 0 Å². The van der Waals surface area contributed by atoms with Gasteiger partial charge in [0.05, 0.1) is 0 Å². The monoisotopic (exact) mass is 335 g/mol. The highest BCUT2D eigenvalue weighted by Crippen LogP contribution is 2.38. The van der Waals surface area contributed by atoms with Crippen LogP contribution in [0.3, 0.4) is 0 Å². The third kappa shape index (κ3) is 3.14. The van der Waals surface area contributed by atoms with Crippen molar-refractivity contribution in [2.75, 3.05) is 25.9 Å². The minimum Gasteiger partial charge on any atom is -0.444 e. The van der Waals surface area contributed by atoms with Crippen LogP contribution < -0.4 is 10.5 Å². The van der Waals surface area contributed by atoms with E-state index in [1.54, 1.807) is 0 Å². The van der Waals surface area contributed by atoms with E-state index in [0.717, 1.165) is 54.9 Å². The fourth-order valence-electron chi connectivity index (χ4n) is 3.91. The van der Waals surface area contributed by atoms with Crippen molar-refractivity contribution in [3.8, 4) is 17.0 Å². The van der Waals surface area contributed by atoms with Gasteiger partial charge in [-0.3, -0.25) is 0 Å². The number of rotatable bonds is 3. The zero-order valence-corrected chi connectivity index (χ0v) is 15.0. The first-order valence-corrected chi connectivity index (χ1v) is 9.04. The first kappa shape index (κ1) is 16.2. The Labute approximate surface area is 149 Å². The van der Waals surface area contributed by atoms with Crippen molar-refractivity contribution in [1.82, 2.24) is 9.88 Å². The van der Waals surface area contributed by atoms with Crippen LogP contribution in [0.15, 0.2) is 36.2 Å².